The fourth-order valence-electron chi connectivity index (χ4n) is 5.33. The van der Waals surface area contributed by atoms with Crippen LogP contribution in [0.5, 0.6) is 0 Å². The number of rotatable bonds is 8. The summed E-state index contributed by atoms with van der Waals surface area (Å²) in [5.41, 5.74) is 5.56. The van der Waals surface area contributed by atoms with Crippen molar-refractivity contribution in [3.05, 3.63) is 89.2 Å². The van der Waals surface area contributed by atoms with Crippen LogP contribution in [0, 0.1) is 18.8 Å². The predicted octanol–water partition coefficient (Wildman–Crippen LogP) is 5.80. The molecule has 0 spiro atoms. The molecule has 5 rings (SSSR count). The number of fused-ring (bicyclic) bond motifs is 1. The van der Waals surface area contributed by atoms with Crippen molar-refractivity contribution in [2.75, 3.05) is 24.6 Å². The number of halogens is 1. The standard InChI is InChI=1S/C31H37FN4O2/c1-4-28-30(36-19-21(2)5-12-29(36)34-28)31(37)33-18-23-6-10-26(11-7-23)35-15-13-27(14-16-35)38-20-24-8-9-25(32)17-22(24)3/h5-12,17,19,22,24,27H,4,13-16,18,20H2,1-3H3,(H,33,37). The van der Waals surface area contributed by atoms with E-state index in [1.54, 1.807) is 12.2 Å². The highest BCUT2D eigenvalue weighted by molar-refractivity contribution is 5.94. The van der Waals surface area contributed by atoms with Crippen molar-refractivity contribution in [1.82, 2.24) is 14.7 Å². The van der Waals surface area contributed by atoms with Gasteiger partial charge in [-0.2, -0.15) is 0 Å². The molecule has 1 aromatic carbocycles. The third kappa shape index (κ3) is 5.83. The van der Waals surface area contributed by atoms with E-state index >= 15 is 0 Å². The summed E-state index contributed by atoms with van der Waals surface area (Å²) in [6.45, 7) is 9.06. The number of aromatic nitrogens is 2. The summed E-state index contributed by atoms with van der Waals surface area (Å²) >= 11 is 0. The highest BCUT2D eigenvalue weighted by Gasteiger charge is 2.23. The van der Waals surface area contributed by atoms with Crippen molar-refractivity contribution in [1.29, 1.82) is 0 Å². The summed E-state index contributed by atoms with van der Waals surface area (Å²) < 4.78 is 21.4. The molecule has 1 N–H and O–H groups in total. The van der Waals surface area contributed by atoms with Crippen molar-refractivity contribution in [2.45, 2.75) is 52.7 Å². The summed E-state index contributed by atoms with van der Waals surface area (Å²) in [7, 11) is 0. The molecule has 38 heavy (non-hydrogen) atoms. The fourth-order valence-corrected chi connectivity index (χ4v) is 5.33. The lowest BCUT2D eigenvalue weighted by Gasteiger charge is -2.34. The van der Waals surface area contributed by atoms with Gasteiger partial charge in [-0.05, 0) is 73.6 Å². The van der Waals surface area contributed by atoms with Gasteiger partial charge in [0.25, 0.3) is 5.91 Å². The molecule has 1 amide bonds. The zero-order valence-electron chi connectivity index (χ0n) is 22.5. The maximum atomic E-state index is 13.4. The van der Waals surface area contributed by atoms with E-state index in [-0.39, 0.29) is 29.7 Å². The van der Waals surface area contributed by atoms with E-state index in [9.17, 15) is 9.18 Å². The number of ether oxygens (including phenoxy) is 1. The SMILES string of the molecule is CCc1nc2ccc(C)cn2c1C(=O)NCc1ccc(N2CCC(OCC3C=CC(F)=CC3C)CC2)cc1. The lowest BCUT2D eigenvalue weighted by molar-refractivity contribution is 0.0174. The van der Waals surface area contributed by atoms with Crippen LogP contribution in [-0.2, 0) is 17.7 Å². The molecule has 1 saturated heterocycles. The minimum atomic E-state index is -0.150. The van der Waals surface area contributed by atoms with Gasteiger partial charge in [0.2, 0.25) is 0 Å². The molecule has 2 atom stereocenters. The van der Waals surface area contributed by atoms with E-state index in [1.807, 2.05) is 49.6 Å². The molecule has 1 aliphatic carbocycles. The lowest BCUT2D eigenvalue weighted by atomic mass is 9.90. The highest BCUT2D eigenvalue weighted by Crippen LogP contribution is 2.26. The fraction of sp³-hybridized carbons (Fsp3) is 0.419. The first kappa shape index (κ1) is 26.2. The Morgan fingerprint density at radius 1 is 1.16 bits per heavy atom. The van der Waals surface area contributed by atoms with Crippen LogP contribution in [0.3, 0.4) is 0 Å². The van der Waals surface area contributed by atoms with Crippen LogP contribution >= 0.6 is 0 Å². The van der Waals surface area contributed by atoms with Gasteiger partial charge in [-0.15, -0.1) is 0 Å². The van der Waals surface area contributed by atoms with Crippen molar-refractivity contribution in [3.63, 3.8) is 0 Å². The van der Waals surface area contributed by atoms with Crippen LogP contribution in [0.4, 0.5) is 10.1 Å². The third-order valence-electron chi connectivity index (χ3n) is 7.71. The number of hydrogen-bond acceptors (Lipinski definition) is 4. The number of amides is 1. The molecule has 0 bridgehead atoms. The number of nitrogens with one attached hydrogen (secondary N) is 1. The maximum Gasteiger partial charge on any atom is 0.270 e. The minimum absolute atomic E-state index is 0.106. The Labute approximate surface area is 224 Å². The maximum absolute atomic E-state index is 13.4. The molecule has 2 unspecified atom stereocenters. The Balaban J connectivity index is 1.11. The molecule has 1 aliphatic heterocycles. The molecule has 3 aromatic rings. The average molecular weight is 517 g/mol. The third-order valence-corrected chi connectivity index (χ3v) is 7.71. The second-order valence-corrected chi connectivity index (χ2v) is 10.5. The van der Waals surface area contributed by atoms with Gasteiger partial charge in [0.1, 0.15) is 17.2 Å². The Hall–Kier alpha value is -3.45. The van der Waals surface area contributed by atoms with Crippen LogP contribution in [0.2, 0.25) is 0 Å². The summed E-state index contributed by atoms with van der Waals surface area (Å²) in [5.74, 6) is 0.153. The number of allylic oxidation sites excluding steroid dienone is 3. The largest absolute Gasteiger partial charge is 0.377 e. The van der Waals surface area contributed by atoms with E-state index < -0.39 is 0 Å². The number of carbonyl (C=O) groups is 1. The Bertz CT molecular complexity index is 1340. The smallest absolute Gasteiger partial charge is 0.270 e. The summed E-state index contributed by atoms with van der Waals surface area (Å²) in [5, 5.41) is 3.08. The number of carbonyl (C=O) groups excluding carboxylic acids is 1. The van der Waals surface area contributed by atoms with Gasteiger partial charge in [-0.1, -0.05) is 38.1 Å². The number of nitrogens with zero attached hydrogens (tertiary/aromatic N) is 3. The number of imidazole rings is 1. The lowest BCUT2D eigenvalue weighted by Crippen LogP contribution is -2.37. The van der Waals surface area contributed by atoms with Gasteiger partial charge in [0, 0.05) is 37.4 Å². The molecule has 3 heterocycles. The van der Waals surface area contributed by atoms with Crippen LogP contribution < -0.4 is 10.2 Å². The first-order valence-corrected chi connectivity index (χ1v) is 13.7. The summed E-state index contributed by atoms with van der Waals surface area (Å²) in [6.07, 6.45) is 10.0. The topological polar surface area (TPSA) is 58.9 Å². The summed E-state index contributed by atoms with van der Waals surface area (Å²) in [4.78, 5) is 20.1. The van der Waals surface area contributed by atoms with Gasteiger partial charge in [0.15, 0.2) is 0 Å². The second-order valence-electron chi connectivity index (χ2n) is 10.5. The Kier molecular flexibility index (Phi) is 7.93. The molecule has 1 fully saturated rings. The van der Waals surface area contributed by atoms with Crippen molar-refractivity contribution < 1.29 is 13.9 Å². The van der Waals surface area contributed by atoms with Crippen LogP contribution in [0.25, 0.3) is 5.65 Å². The zero-order chi connectivity index (χ0) is 26.6. The molecule has 6 nitrogen and oxygen atoms in total. The molecule has 7 heteroatoms. The number of hydrogen-bond donors (Lipinski definition) is 1. The first-order valence-electron chi connectivity index (χ1n) is 13.7. The number of anilines is 1. The number of benzene rings is 1. The van der Waals surface area contributed by atoms with Gasteiger partial charge in [0.05, 0.1) is 18.4 Å². The van der Waals surface area contributed by atoms with E-state index in [0.717, 1.165) is 48.4 Å². The monoisotopic (exact) mass is 516 g/mol. The summed E-state index contributed by atoms with van der Waals surface area (Å²) in [6, 6.07) is 12.4. The first-order chi connectivity index (χ1) is 18.4. The Morgan fingerprint density at radius 3 is 2.63 bits per heavy atom. The highest BCUT2D eigenvalue weighted by atomic mass is 19.1. The predicted molar refractivity (Wildman–Crippen MR) is 149 cm³/mol. The molecule has 2 aromatic heterocycles. The van der Waals surface area contributed by atoms with Crippen LogP contribution in [0.1, 0.15) is 54.0 Å². The molecule has 0 saturated carbocycles. The quantitative estimate of drug-likeness (QED) is 0.411. The van der Waals surface area contributed by atoms with Crippen LogP contribution in [0.15, 0.2) is 66.6 Å². The van der Waals surface area contributed by atoms with Crippen molar-refractivity contribution in [2.24, 2.45) is 11.8 Å². The van der Waals surface area contributed by atoms with E-state index in [4.69, 9.17) is 4.74 Å². The molecule has 0 radical (unpaired) electrons. The number of aryl methyl sites for hydroxylation is 2. The van der Waals surface area contributed by atoms with Gasteiger partial charge >= 0.3 is 0 Å². The molecular weight excluding hydrogens is 479 g/mol. The molecule has 2 aliphatic rings. The number of piperidine rings is 1. The number of pyridine rings is 1. The van der Waals surface area contributed by atoms with Crippen LogP contribution in [-0.4, -0.2) is 41.1 Å². The van der Waals surface area contributed by atoms with E-state index in [1.165, 1.54) is 5.69 Å². The average Bonchev–Trinajstić information content (AvgIpc) is 3.30. The normalized spacial score (nSPS) is 20.1. The minimum Gasteiger partial charge on any atom is -0.377 e. The van der Waals surface area contributed by atoms with Crippen molar-refractivity contribution >= 4 is 17.2 Å². The molecular formula is C31H37FN4O2. The van der Waals surface area contributed by atoms with Gasteiger partial charge in [-0.25, -0.2) is 9.37 Å². The zero-order valence-corrected chi connectivity index (χ0v) is 22.5. The van der Waals surface area contributed by atoms with E-state index in [2.05, 4.69) is 39.5 Å². The second kappa shape index (κ2) is 11.5. The van der Waals surface area contributed by atoms with Gasteiger partial charge < -0.3 is 15.0 Å². The van der Waals surface area contributed by atoms with Crippen molar-refractivity contribution in [3.8, 4) is 0 Å². The van der Waals surface area contributed by atoms with E-state index in [0.29, 0.717) is 25.3 Å². The van der Waals surface area contributed by atoms with Gasteiger partial charge in [-0.3, -0.25) is 9.20 Å². The molecule has 200 valence electrons. The Morgan fingerprint density at radius 2 is 1.92 bits per heavy atom.